The molecule has 1 saturated carbocycles. The van der Waals surface area contributed by atoms with Gasteiger partial charge in [-0.15, -0.1) is 11.8 Å². The number of thioether (sulfide) groups is 1. The zero-order valence-electron chi connectivity index (χ0n) is 13.9. The number of rotatable bonds is 5. The van der Waals surface area contributed by atoms with Gasteiger partial charge in [0.1, 0.15) is 0 Å². The average Bonchev–Trinajstić information content (AvgIpc) is 3.43. The molecule has 4 rings (SSSR count). The van der Waals surface area contributed by atoms with Crippen molar-refractivity contribution < 1.29 is 5.02 Å². The zero-order valence-corrected chi connectivity index (χ0v) is 14.7. The molecule has 24 heavy (non-hydrogen) atoms. The largest absolute Gasteiger partial charge is 0.471 e. The highest BCUT2D eigenvalue weighted by Crippen LogP contribution is 2.39. The van der Waals surface area contributed by atoms with Crippen molar-refractivity contribution in [3.63, 3.8) is 0 Å². The second-order valence-electron chi connectivity index (χ2n) is 6.41. The van der Waals surface area contributed by atoms with Crippen LogP contribution in [0, 0.1) is 0 Å². The topological polar surface area (TPSA) is 35.8 Å². The van der Waals surface area contributed by atoms with Crippen molar-refractivity contribution in [1.82, 2.24) is 0 Å². The van der Waals surface area contributed by atoms with Gasteiger partial charge in [-0.05, 0) is 54.6 Å². The number of fused-ring (bicyclic) bond motifs is 1. The maximum absolute atomic E-state index is 10.8. The molecule has 1 fully saturated rings. The Morgan fingerprint density at radius 3 is 2.62 bits per heavy atom. The third-order valence-corrected chi connectivity index (χ3v) is 5.77. The smallest absolute Gasteiger partial charge is 0.427 e. The van der Waals surface area contributed by atoms with Crippen LogP contribution in [0.15, 0.2) is 58.5 Å². The summed E-state index contributed by atoms with van der Waals surface area (Å²) in [5.41, 5.74) is 4.00. The van der Waals surface area contributed by atoms with Crippen molar-refractivity contribution >= 4 is 35.7 Å². The lowest BCUT2D eigenvalue weighted by Gasteiger charge is -2.30. The highest BCUT2D eigenvalue weighted by atomic mass is 32.2. The number of hydrogen-bond donors (Lipinski definition) is 1. The Kier molecular flexibility index (Phi) is 4.38. The molecule has 0 unspecified atom stereocenters. The molecule has 0 spiro atoms. The SMILES string of the molecule is CCCC1=NN(c2ccc(SC3CC3)cc2)B(O)c2ccccc21. The van der Waals surface area contributed by atoms with E-state index in [9.17, 15) is 5.02 Å². The minimum Gasteiger partial charge on any atom is -0.427 e. The molecule has 122 valence electrons. The van der Waals surface area contributed by atoms with Crippen molar-refractivity contribution in [2.45, 2.75) is 42.8 Å². The molecule has 1 heterocycles. The maximum Gasteiger partial charge on any atom is 0.471 e. The van der Waals surface area contributed by atoms with E-state index in [1.54, 1.807) is 4.92 Å². The van der Waals surface area contributed by atoms with Crippen LogP contribution in [0.3, 0.4) is 0 Å². The van der Waals surface area contributed by atoms with Crippen molar-refractivity contribution in [2.24, 2.45) is 5.10 Å². The molecule has 2 aromatic carbocycles. The van der Waals surface area contributed by atoms with Gasteiger partial charge in [0.25, 0.3) is 0 Å². The van der Waals surface area contributed by atoms with E-state index in [-0.39, 0.29) is 0 Å². The van der Waals surface area contributed by atoms with Gasteiger partial charge in [0.2, 0.25) is 0 Å². The Hall–Kier alpha value is -1.72. The Balaban J connectivity index is 1.65. The molecular formula is C19H21BN2OS. The van der Waals surface area contributed by atoms with Gasteiger partial charge in [0.15, 0.2) is 0 Å². The molecule has 0 aromatic heterocycles. The fourth-order valence-electron chi connectivity index (χ4n) is 3.03. The maximum atomic E-state index is 10.8. The summed E-state index contributed by atoms with van der Waals surface area (Å²) >= 11 is 1.95. The molecule has 0 radical (unpaired) electrons. The number of hydrogen-bond acceptors (Lipinski definition) is 4. The monoisotopic (exact) mass is 336 g/mol. The van der Waals surface area contributed by atoms with Gasteiger partial charge in [-0.1, -0.05) is 37.6 Å². The van der Waals surface area contributed by atoms with Gasteiger partial charge in [-0.25, -0.2) is 0 Å². The summed E-state index contributed by atoms with van der Waals surface area (Å²) < 4.78 is 0. The van der Waals surface area contributed by atoms with Crippen LogP contribution in [-0.2, 0) is 0 Å². The fourth-order valence-corrected chi connectivity index (χ4v) is 4.08. The quantitative estimate of drug-likeness (QED) is 0.847. The molecular weight excluding hydrogens is 315 g/mol. The summed E-state index contributed by atoms with van der Waals surface area (Å²) in [4.78, 5) is 3.05. The Bertz CT molecular complexity index is 758. The third kappa shape index (κ3) is 3.11. The van der Waals surface area contributed by atoms with Crippen LogP contribution >= 0.6 is 11.8 Å². The number of anilines is 1. The third-order valence-electron chi connectivity index (χ3n) is 4.43. The highest BCUT2D eigenvalue weighted by Gasteiger charge is 2.33. The van der Waals surface area contributed by atoms with Crippen LogP contribution in [0.2, 0.25) is 0 Å². The normalized spacial score (nSPS) is 16.8. The summed E-state index contributed by atoms with van der Waals surface area (Å²) in [5.74, 6) is 0. The zero-order chi connectivity index (χ0) is 16.5. The summed E-state index contributed by atoms with van der Waals surface area (Å²) in [6.45, 7) is 2.16. The van der Waals surface area contributed by atoms with E-state index in [4.69, 9.17) is 5.10 Å². The lowest BCUT2D eigenvalue weighted by Crippen LogP contribution is -2.51. The van der Waals surface area contributed by atoms with E-state index < -0.39 is 7.05 Å². The molecule has 1 N–H and O–H groups in total. The van der Waals surface area contributed by atoms with Crippen LogP contribution in [0.5, 0.6) is 0 Å². The lowest BCUT2D eigenvalue weighted by molar-refractivity contribution is 0.577. The van der Waals surface area contributed by atoms with E-state index in [1.807, 2.05) is 30.0 Å². The van der Waals surface area contributed by atoms with Gasteiger partial charge < -0.3 is 5.02 Å². The van der Waals surface area contributed by atoms with Crippen LogP contribution in [0.25, 0.3) is 0 Å². The Morgan fingerprint density at radius 2 is 1.92 bits per heavy atom. The van der Waals surface area contributed by atoms with Crippen LogP contribution in [-0.4, -0.2) is 23.0 Å². The Morgan fingerprint density at radius 1 is 1.17 bits per heavy atom. The first-order valence-corrected chi connectivity index (χ1v) is 9.55. The first-order valence-electron chi connectivity index (χ1n) is 8.67. The van der Waals surface area contributed by atoms with Crippen LogP contribution < -0.4 is 10.4 Å². The van der Waals surface area contributed by atoms with Gasteiger partial charge in [0.05, 0.1) is 5.71 Å². The van der Waals surface area contributed by atoms with Gasteiger partial charge in [-0.2, -0.15) is 5.10 Å². The van der Waals surface area contributed by atoms with Crippen molar-refractivity contribution in [3.8, 4) is 0 Å². The molecule has 1 aliphatic heterocycles. The summed E-state index contributed by atoms with van der Waals surface area (Å²) in [7, 11) is -0.733. The van der Waals surface area contributed by atoms with Crippen molar-refractivity contribution in [1.29, 1.82) is 0 Å². The Labute approximate surface area is 147 Å². The fraction of sp³-hybridized carbons (Fsp3) is 0.316. The van der Waals surface area contributed by atoms with E-state index >= 15 is 0 Å². The van der Waals surface area contributed by atoms with E-state index in [0.29, 0.717) is 0 Å². The summed E-state index contributed by atoms with van der Waals surface area (Å²) in [6.07, 6.45) is 4.61. The van der Waals surface area contributed by atoms with E-state index in [2.05, 4.69) is 37.3 Å². The van der Waals surface area contributed by atoms with Gasteiger partial charge in [-0.3, -0.25) is 4.92 Å². The first-order chi connectivity index (χ1) is 11.8. The summed E-state index contributed by atoms with van der Waals surface area (Å²) in [5, 5.41) is 16.4. The number of benzene rings is 2. The molecule has 2 aliphatic rings. The molecule has 0 bridgehead atoms. The molecule has 0 amide bonds. The predicted molar refractivity (Wildman–Crippen MR) is 103 cm³/mol. The molecule has 1 aliphatic carbocycles. The molecule has 0 saturated heterocycles. The molecule has 0 atom stereocenters. The van der Waals surface area contributed by atoms with Crippen molar-refractivity contribution in [3.05, 3.63) is 54.1 Å². The second kappa shape index (κ2) is 6.65. The van der Waals surface area contributed by atoms with Crippen LogP contribution in [0.4, 0.5) is 5.69 Å². The molecule has 2 aromatic rings. The number of hydrazone groups is 1. The second-order valence-corrected chi connectivity index (χ2v) is 7.79. The van der Waals surface area contributed by atoms with E-state index in [0.717, 1.165) is 40.5 Å². The standard InChI is InChI=1S/C19H21BN2OS/c1-2-5-19-17-6-3-4-7-18(17)20(23)22(21-19)14-8-10-15(11-9-14)24-16-12-13-16/h3-4,6-11,16,23H,2,5,12-13H2,1H3. The van der Waals surface area contributed by atoms with Crippen LogP contribution in [0.1, 0.15) is 38.2 Å². The minimum absolute atomic E-state index is 0.733. The van der Waals surface area contributed by atoms with Gasteiger partial charge in [0, 0.05) is 15.8 Å². The molecule has 3 nitrogen and oxygen atoms in total. The van der Waals surface area contributed by atoms with Crippen molar-refractivity contribution in [2.75, 3.05) is 4.92 Å². The minimum atomic E-state index is -0.733. The summed E-state index contributed by atoms with van der Waals surface area (Å²) in [6, 6.07) is 16.4. The van der Waals surface area contributed by atoms with Gasteiger partial charge >= 0.3 is 7.05 Å². The average molecular weight is 336 g/mol. The number of nitrogens with zero attached hydrogens (tertiary/aromatic N) is 2. The first kappa shape index (κ1) is 15.8. The molecule has 5 heteroatoms. The lowest BCUT2D eigenvalue weighted by atomic mass is 9.68. The van der Waals surface area contributed by atoms with E-state index in [1.165, 1.54) is 17.7 Å². The predicted octanol–water partition coefficient (Wildman–Crippen LogP) is 3.65. The highest BCUT2D eigenvalue weighted by molar-refractivity contribution is 8.00.